The Morgan fingerprint density at radius 3 is 2.50 bits per heavy atom. The number of pyridine rings is 1. The number of rotatable bonds is 4. The first-order chi connectivity index (χ1) is 11.7. The predicted molar refractivity (Wildman–Crippen MR) is 87.8 cm³/mol. The van der Waals surface area contributed by atoms with Crippen LogP contribution in [0.15, 0.2) is 54.9 Å². The highest BCUT2D eigenvalue weighted by molar-refractivity contribution is 6.01. The molecule has 1 aromatic carbocycles. The first kappa shape index (κ1) is 14.6. The van der Waals surface area contributed by atoms with Crippen molar-refractivity contribution in [1.82, 2.24) is 15.2 Å². The van der Waals surface area contributed by atoms with Crippen LogP contribution < -0.4 is 5.32 Å². The molecule has 6 heteroatoms. The van der Waals surface area contributed by atoms with E-state index in [1.54, 1.807) is 30.6 Å². The summed E-state index contributed by atoms with van der Waals surface area (Å²) < 4.78 is 13.1. The molecule has 0 spiro atoms. The van der Waals surface area contributed by atoms with Gasteiger partial charge in [-0.25, -0.2) is 4.39 Å². The summed E-state index contributed by atoms with van der Waals surface area (Å²) in [6.45, 7) is 0. The van der Waals surface area contributed by atoms with Crippen molar-refractivity contribution >= 4 is 11.7 Å². The maximum absolute atomic E-state index is 13.1. The minimum Gasteiger partial charge on any atom is -0.308 e. The van der Waals surface area contributed by atoms with E-state index >= 15 is 0 Å². The molecule has 2 heterocycles. The van der Waals surface area contributed by atoms with Gasteiger partial charge >= 0.3 is 0 Å². The monoisotopic (exact) mass is 322 g/mol. The minimum atomic E-state index is -0.566. The number of carbonyl (C=O) groups is 1. The Kier molecular flexibility index (Phi) is 3.37. The lowest BCUT2D eigenvalue weighted by Crippen LogP contribution is -2.27. The molecular weight excluding hydrogens is 307 g/mol. The highest BCUT2D eigenvalue weighted by atomic mass is 19.1. The highest BCUT2D eigenvalue weighted by Gasteiger charge is 2.51. The molecule has 0 unspecified atom stereocenters. The molecule has 3 aromatic rings. The van der Waals surface area contributed by atoms with Gasteiger partial charge in [0, 0.05) is 24.0 Å². The largest absolute Gasteiger partial charge is 0.308 e. The molecule has 1 saturated carbocycles. The van der Waals surface area contributed by atoms with Crippen molar-refractivity contribution in [3.8, 4) is 11.3 Å². The molecule has 24 heavy (non-hydrogen) atoms. The number of amides is 1. The van der Waals surface area contributed by atoms with E-state index in [2.05, 4.69) is 20.5 Å². The molecule has 0 aliphatic heterocycles. The number of nitrogens with zero attached hydrogens (tertiary/aromatic N) is 2. The van der Waals surface area contributed by atoms with Crippen molar-refractivity contribution in [1.29, 1.82) is 0 Å². The highest BCUT2D eigenvalue weighted by Crippen LogP contribution is 2.49. The van der Waals surface area contributed by atoms with E-state index in [4.69, 9.17) is 0 Å². The topological polar surface area (TPSA) is 70.7 Å². The molecule has 1 aliphatic carbocycles. The van der Waals surface area contributed by atoms with Gasteiger partial charge in [-0.2, -0.15) is 5.10 Å². The van der Waals surface area contributed by atoms with Gasteiger partial charge in [0.15, 0.2) is 5.82 Å². The SMILES string of the molecule is O=C(Nc1cc(-c2ccncc2)[nH]n1)C1(c2ccc(F)cc2)CC1. The summed E-state index contributed by atoms with van der Waals surface area (Å²) in [5.41, 5.74) is 2.02. The first-order valence-corrected chi connectivity index (χ1v) is 7.71. The molecule has 0 bridgehead atoms. The lowest BCUT2D eigenvalue weighted by Gasteiger charge is -2.14. The average molecular weight is 322 g/mol. The summed E-state index contributed by atoms with van der Waals surface area (Å²) in [6.07, 6.45) is 4.91. The van der Waals surface area contributed by atoms with Crippen molar-refractivity contribution < 1.29 is 9.18 Å². The number of benzene rings is 1. The second-order valence-electron chi connectivity index (χ2n) is 5.95. The summed E-state index contributed by atoms with van der Waals surface area (Å²) in [5, 5.41) is 9.91. The van der Waals surface area contributed by atoms with Crippen molar-refractivity contribution in [2.45, 2.75) is 18.3 Å². The number of aromatic amines is 1. The Hall–Kier alpha value is -3.02. The fourth-order valence-corrected chi connectivity index (χ4v) is 2.84. The average Bonchev–Trinajstić information content (AvgIpc) is 3.30. The maximum Gasteiger partial charge on any atom is 0.236 e. The zero-order valence-electron chi connectivity index (χ0n) is 12.8. The lowest BCUT2D eigenvalue weighted by molar-refractivity contribution is -0.118. The number of nitrogens with one attached hydrogen (secondary N) is 2. The standard InChI is InChI=1S/C18H15FN4O/c19-14-3-1-13(2-4-14)18(7-8-18)17(24)21-16-11-15(22-23-16)12-5-9-20-10-6-12/h1-6,9-11H,7-8H2,(H2,21,22,23,24). The molecule has 5 nitrogen and oxygen atoms in total. The van der Waals surface area contributed by atoms with Gasteiger partial charge in [0.25, 0.3) is 0 Å². The summed E-state index contributed by atoms with van der Waals surface area (Å²) >= 11 is 0. The predicted octanol–water partition coefficient (Wildman–Crippen LogP) is 3.28. The van der Waals surface area contributed by atoms with Crippen LogP contribution >= 0.6 is 0 Å². The van der Waals surface area contributed by atoms with Crippen LogP contribution in [0, 0.1) is 5.82 Å². The molecule has 1 fully saturated rings. The number of anilines is 1. The molecule has 4 rings (SSSR count). The first-order valence-electron chi connectivity index (χ1n) is 7.71. The Balaban J connectivity index is 1.53. The third kappa shape index (κ3) is 2.56. The molecule has 2 N–H and O–H groups in total. The van der Waals surface area contributed by atoms with Crippen LogP contribution in [0.2, 0.25) is 0 Å². The maximum atomic E-state index is 13.1. The van der Waals surface area contributed by atoms with Crippen molar-refractivity contribution in [3.05, 3.63) is 66.2 Å². The van der Waals surface area contributed by atoms with Crippen LogP contribution in [0.25, 0.3) is 11.3 Å². The van der Waals surface area contributed by atoms with E-state index in [0.29, 0.717) is 5.82 Å². The van der Waals surface area contributed by atoms with Gasteiger partial charge in [-0.15, -0.1) is 0 Å². The van der Waals surface area contributed by atoms with Gasteiger partial charge in [0.1, 0.15) is 5.82 Å². The fourth-order valence-electron chi connectivity index (χ4n) is 2.84. The number of hydrogen-bond donors (Lipinski definition) is 2. The van der Waals surface area contributed by atoms with Crippen molar-refractivity contribution in [2.24, 2.45) is 0 Å². The number of aromatic nitrogens is 3. The zero-order chi connectivity index (χ0) is 16.6. The second-order valence-corrected chi connectivity index (χ2v) is 5.95. The molecule has 1 amide bonds. The van der Waals surface area contributed by atoms with E-state index in [-0.39, 0.29) is 11.7 Å². The van der Waals surface area contributed by atoms with Gasteiger partial charge in [-0.05, 0) is 42.7 Å². The Labute approximate surface area is 137 Å². The van der Waals surface area contributed by atoms with E-state index in [0.717, 1.165) is 29.7 Å². The third-order valence-electron chi connectivity index (χ3n) is 4.39. The van der Waals surface area contributed by atoms with Crippen molar-refractivity contribution in [2.75, 3.05) is 5.32 Å². The van der Waals surface area contributed by atoms with E-state index < -0.39 is 5.41 Å². The number of hydrogen-bond acceptors (Lipinski definition) is 3. The summed E-state index contributed by atoms with van der Waals surface area (Å²) in [4.78, 5) is 16.6. The second kappa shape index (κ2) is 5.56. The number of halogens is 1. The van der Waals surface area contributed by atoms with Crippen molar-refractivity contribution in [3.63, 3.8) is 0 Å². The zero-order valence-corrected chi connectivity index (χ0v) is 12.8. The molecule has 120 valence electrons. The fraction of sp³-hybridized carbons (Fsp3) is 0.167. The Morgan fingerprint density at radius 2 is 1.83 bits per heavy atom. The van der Waals surface area contributed by atoms with Crippen LogP contribution in [0.4, 0.5) is 10.2 Å². The van der Waals surface area contributed by atoms with Crippen LogP contribution in [0.5, 0.6) is 0 Å². The van der Waals surface area contributed by atoms with Gasteiger partial charge in [-0.1, -0.05) is 12.1 Å². The van der Waals surface area contributed by atoms with E-state index in [1.807, 2.05) is 12.1 Å². The quantitative estimate of drug-likeness (QED) is 0.774. The summed E-state index contributed by atoms with van der Waals surface area (Å²) in [7, 11) is 0. The smallest absolute Gasteiger partial charge is 0.236 e. The van der Waals surface area contributed by atoms with E-state index in [1.165, 1.54) is 12.1 Å². The van der Waals surface area contributed by atoms with Crippen LogP contribution in [-0.2, 0) is 10.2 Å². The molecule has 2 aromatic heterocycles. The normalized spacial score (nSPS) is 15.0. The van der Waals surface area contributed by atoms with Gasteiger partial charge in [0.05, 0.1) is 11.1 Å². The Bertz CT molecular complexity index is 870. The van der Waals surface area contributed by atoms with Gasteiger partial charge in [-0.3, -0.25) is 14.9 Å². The number of carbonyl (C=O) groups excluding carboxylic acids is 1. The van der Waals surface area contributed by atoms with Crippen LogP contribution in [0.1, 0.15) is 18.4 Å². The Morgan fingerprint density at radius 1 is 1.12 bits per heavy atom. The summed E-state index contributed by atoms with van der Waals surface area (Å²) in [5.74, 6) is 0.0614. The minimum absolute atomic E-state index is 0.109. The third-order valence-corrected chi connectivity index (χ3v) is 4.39. The molecular formula is C18H15FN4O. The van der Waals surface area contributed by atoms with Crippen LogP contribution in [-0.4, -0.2) is 21.1 Å². The van der Waals surface area contributed by atoms with Gasteiger partial charge in [0.2, 0.25) is 5.91 Å². The molecule has 0 atom stereocenters. The van der Waals surface area contributed by atoms with Crippen LogP contribution in [0.3, 0.4) is 0 Å². The number of H-pyrrole nitrogens is 1. The molecule has 0 saturated heterocycles. The summed E-state index contributed by atoms with van der Waals surface area (Å²) in [6, 6.07) is 11.6. The van der Waals surface area contributed by atoms with E-state index in [9.17, 15) is 9.18 Å². The molecule has 0 radical (unpaired) electrons. The lowest BCUT2D eigenvalue weighted by atomic mass is 9.95. The molecule has 1 aliphatic rings. The van der Waals surface area contributed by atoms with Gasteiger partial charge < -0.3 is 5.32 Å².